The highest BCUT2D eigenvalue weighted by atomic mass is 16.2. The number of hydrogen-bond acceptors (Lipinski definition) is 8. The summed E-state index contributed by atoms with van der Waals surface area (Å²) >= 11 is 0. The second kappa shape index (κ2) is 11.4. The summed E-state index contributed by atoms with van der Waals surface area (Å²) in [4.78, 5) is 38.5. The van der Waals surface area contributed by atoms with Gasteiger partial charge in [0, 0.05) is 24.7 Å². The van der Waals surface area contributed by atoms with Crippen molar-refractivity contribution >= 4 is 23.9 Å². The number of hydrogen-bond donors (Lipinski definition) is 5. The van der Waals surface area contributed by atoms with Gasteiger partial charge in [-0.05, 0) is 72.7 Å². The Labute approximate surface area is 221 Å². The molecule has 38 heavy (non-hydrogen) atoms. The number of carbonyl (C=O) groups is 3. The summed E-state index contributed by atoms with van der Waals surface area (Å²) in [5, 5.41) is 19.4. The van der Waals surface area contributed by atoms with Gasteiger partial charge in [0.05, 0.1) is 18.0 Å². The van der Waals surface area contributed by atoms with Crippen LogP contribution in [0.1, 0.15) is 57.5 Å². The van der Waals surface area contributed by atoms with Gasteiger partial charge in [-0.25, -0.2) is 11.4 Å². The monoisotopic (exact) mass is 516 g/mol. The maximum Gasteiger partial charge on any atom is 0.251 e. The minimum absolute atomic E-state index is 0.0832. The van der Waals surface area contributed by atoms with Crippen LogP contribution in [0.25, 0.3) is 11.1 Å². The fraction of sp³-hybridized carbons (Fsp3) is 0.370. The molecular weight excluding hydrogens is 484 g/mol. The van der Waals surface area contributed by atoms with Gasteiger partial charge in [-0.1, -0.05) is 18.2 Å². The summed E-state index contributed by atoms with van der Waals surface area (Å²) < 4.78 is 0. The Hall–Kier alpha value is -4.27. The Morgan fingerprint density at radius 2 is 1.95 bits per heavy atom. The van der Waals surface area contributed by atoms with Gasteiger partial charge < -0.3 is 21.3 Å². The van der Waals surface area contributed by atoms with Crippen LogP contribution >= 0.6 is 0 Å². The average Bonchev–Trinajstić information content (AvgIpc) is 3.24. The van der Waals surface area contributed by atoms with Crippen LogP contribution in [-0.2, 0) is 10.2 Å². The van der Waals surface area contributed by atoms with E-state index in [2.05, 4.69) is 27.3 Å². The van der Waals surface area contributed by atoms with Gasteiger partial charge in [0.2, 0.25) is 5.91 Å². The highest BCUT2D eigenvalue weighted by molar-refractivity contribution is 6.05. The standard InChI is InChI=1S/C27H32N8O3/c1-31-25(38)18-6-8-23-21(13-18)20-12-17(16-36)5-7-22(20)27(23,26(29)33-34-30)9-10-32-15-24(37)35-11-3-2-4-19(35)14-28/h5-8,12-13,16,19,32,34H,2-4,9-11,15,30H2,1H3,(H2,29,33)(H,31,38)/t19-,27?/m0/s1. The lowest BCUT2D eigenvalue weighted by molar-refractivity contribution is -0.132. The first-order valence-corrected chi connectivity index (χ1v) is 12.6. The summed E-state index contributed by atoms with van der Waals surface area (Å²) in [6.07, 6.45) is 3.71. The molecule has 1 aliphatic carbocycles. The second-order valence-corrected chi connectivity index (χ2v) is 9.45. The van der Waals surface area contributed by atoms with Gasteiger partial charge in [0.15, 0.2) is 0 Å². The Kier molecular flexibility index (Phi) is 8.05. The number of amidine groups is 1. The first-order chi connectivity index (χ1) is 18.4. The summed E-state index contributed by atoms with van der Waals surface area (Å²) in [5.74, 6) is 5.37. The molecule has 0 saturated carbocycles. The van der Waals surface area contributed by atoms with Crippen LogP contribution in [0.2, 0.25) is 0 Å². The van der Waals surface area contributed by atoms with Gasteiger partial charge in [0.1, 0.15) is 18.2 Å². The highest BCUT2D eigenvalue weighted by Gasteiger charge is 2.46. The molecule has 1 fully saturated rings. The lowest BCUT2D eigenvalue weighted by Crippen LogP contribution is -2.48. The van der Waals surface area contributed by atoms with Gasteiger partial charge in [-0.3, -0.25) is 14.4 Å². The van der Waals surface area contributed by atoms with Crippen LogP contribution in [0.3, 0.4) is 0 Å². The molecule has 198 valence electrons. The van der Waals surface area contributed by atoms with Crippen LogP contribution < -0.4 is 27.7 Å². The Morgan fingerprint density at radius 1 is 1.21 bits per heavy atom. The number of nitriles is 1. The molecule has 2 amide bonds. The number of likely N-dealkylation sites (tertiary alicyclic amines) is 1. The van der Waals surface area contributed by atoms with Crippen LogP contribution in [-0.4, -0.2) is 61.6 Å². The number of amides is 2. The number of carbonyl (C=O) groups excluding carboxylic acids is 3. The summed E-state index contributed by atoms with van der Waals surface area (Å²) in [7, 11) is 1.56. The molecule has 2 aromatic rings. The fourth-order valence-corrected chi connectivity index (χ4v) is 5.58. The van der Waals surface area contributed by atoms with Crippen LogP contribution in [0, 0.1) is 11.3 Å². The summed E-state index contributed by atoms with van der Waals surface area (Å²) in [6.45, 7) is 1.06. The number of hydrazine groups is 1. The minimum Gasteiger partial charge on any atom is -0.385 e. The molecular formula is C27H32N8O3. The predicted octanol–water partition coefficient (Wildman–Crippen LogP) is 0.745. The van der Waals surface area contributed by atoms with E-state index in [-0.39, 0.29) is 24.2 Å². The molecule has 2 atom stereocenters. The van der Waals surface area contributed by atoms with E-state index in [4.69, 9.17) is 11.6 Å². The number of nitrogens with two attached hydrogens (primary N) is 2. The second-order valence-electron chi connectivity index (χ2n) is 9.45. The average molecular weight is 517 g/mol. The third-order valence-electron chi connectivity index (χ3n) is 7.45. The van der Waals surface area contributed by atoms with E-state index < -0.39 is 11.5 Å². The molecule has 2 aliphatic rings. The molecule has 11 nitrogen and oxygen atoms in total. The normalized spacial score (nSPS) is 20.2. The maximum atomic E-state index is 12.8. The first-order valence-electron chi connectivity index (χ1n) is 12.6. The third-order valence-corrected chi connectivity index (χ3v) is 7.45. The molecule has 1 unspecified atom stereocenters. The number of aldehydes is 1. The lowest BCUT2D eigenvalue weighted by atomic mass is 9.74. The number of nitrogens with one attached hydrogen (secondary N) is 3. The zero-order chi connectivity index (χ0) is 27.3. The Morgan fingerprint density at radius 3 is 2.63 bits per heavy atom. The number of benzene rings is 2. The van der Waals surface area contributed by atoms with E-state index >= 15 is 0 Å². The number of piperidine rings is 1. The van der Waals surface area contributed by atoms with Crippen molar-refractivity contribution in [2.45, 2.75) is 37.1 Å². The van der Waals surface area contributed by atoms with E-state index in [1.807, 2.05) is 12.1 Å². The van der Waals surface area contributed by atoms with Gasteiger partial charge in [-0.15, -0.1) is 0 Å². The van der Waals surface area contributed by atoms with E-state index in [0.29, 0.717) is 37.1 Å². The Balaban J connectivity index is 1.68. The largest absolute Gasteiger partial charge is 0.385 e. The van der Waals surface area contributed by atoms with Crippen molar-refractivity contribution in [1.29, 1.82) is 5.26 Å². The molecule has 0 radical (unpaired) electrons. The lowest BCUT2D eigenvalue weighted by Gasteiger charge is -2.33. The maximum absolute atomic E-state index is 12.8. The number of rotatable bonds is 9. The molecule has 0 bridgehead atoms. The molecule has 4 rings (SSSR count). The molecule has 1 saturated heterocycles. The topological polar surface area (TPSA) is 179 Å². The molecule has 0 aromatic heterocycles. The predicted molar refractivity (Wildman–Crippen MR) is 143 cm³/mol. The van der Waals surface area contributed by atoms with E-state index in [1.54, 1.807) is 36.2 Å². The summed E-state index contributed by atoms with van der Waals surface area (Å²) in [5.41, 5.74) is 12.0. The molecule has 0 spiro atoms. The molecule has 1 heterocycles. The van der Waals surface area contributed by atoms with Gasteiger partial charge in [-0.2, -0.15) is 10.4 Å². The first kappa shape index (κ1) is 26.8. The SMILES string of the molecule is CNC(=O)c1ccc2c(c1)-c1cc(C=O)ccc1C2(CCNCC(=O)N1CCCC[C@H]1C#N)/C(N)=N/NN. The van der Waals surface area contributed by atoms with Gasteiger partial charge in [0.25, 0.3) is 5.91 Å². The van der Waals surface area contributed by atoms with Crippen molar-refractivity contribution in [3.8, 4) is 17.2 Å². The van der Waals surface area contributed by atoms with Crippen molar-refractivity contribution in [2.24, 2.45) is 16.7 Å². The molecule has 2 aromatic carbocycles. The van der Waals surface area contributed by atoms with Gasteiger partial charge >= 0.3 is 0 Å². The van der Waals surface area contributed by atoms with Crippen molar-refractivity contribution in [1.82, 2.24) is 21.1 Å². The van der Waals surface area contributed by atoms with E-state index in [0.717, 1.165) is 41.4 Å². The highest BCUT2D eigenvalue weighted by Crippen LogP contribution is 2.51. The van der Waals surface area contributed by atoms with Crippen LogP contribution in [0.15, 0.2) is 41.5 Å². The number of nitrogens with zero attached hydrogens (tertiary/aromatic N) is 3. The zero-order valence-corrected chi connectivity index (χ0v) is 21.3. The number of fused-ring (bicyclic) bond motifs is 3. The van der Waals surface area contributed by atoms with Crippen molar-refractivity contribution < 1.29 is 14.4 Å². The van der Waals surface area contributed by atoms with E-state index in [9.17, 15) is 19.6 Å². The minimum atomic E-state index is -0.934. The Bertz CT molecular complexity index is 1320. The van der Waals surface area contributed by atoms with Crippen LogP contribution in [0.5, 0.6) is 0 Å². The fourth-order valence-electron chi connectivity index (χ4n) is 5.58. The molecule has 11 heteroatoms. The zero-order valence-electron chi connectivity index (χ0n) is 21.3. The van der Waals surface area contributed by atoms with E-state index in [1.165, 1.54) is 0 Å². The van der Waals surface area contributed by atoms with Crippen molar-refractivity contribution in [2.75, 3.05) is 26.7 Å². The quantitative estimate of drug-likeness (QED) is 0.0809. The molecule has 7 N–H and O–H groups in total. The van der Waals surface area contributed by atoms with Crippen molar-refractivity contribution in [3.63, 3.8) is 0 Å². The summed E-state index contributed by atoms with van der Waals surface area (Å²) in [6, 6.07) is 12.5. The third kappa shape index (κ3) is 4.71. The molecule has 1 aliphatic heterocycles. The number of hydrazone groups is 1. The van der Waals surface area contributed by atoms with Crippen LogP contribution in [0.4, 0.5) is 0 Å². The van der Waals surface area contributed by atoms with Crippen molar-refractivity contribution in [3.05, 3.63) is 58.7 Å². The smallest absolute Gasteiger partial charge is 0.251 e.